The summed E-state index contributed by atoms with van der Waals surface area (Å²) in [6.45, 7) is 0.158. The molecular formula is C21H22N2O7. The summed E-state index contributed by atoms with van der Waals surface area (Å²) < 4.78 is 15.8. The van der Waals surface area contributed by atoms with E-state index in [0.717, 1.165) is 5.56 Å². The summed E-state index contributed by atoms with van der Waals surface area (Å²) in [5, 5.41) is 10.9. The number of carbonyl (C=O) groups excluding carboxylic acids is 2. The van der Waals surface area contributed by atoms with Crippen LogP contribution >= 0.6 is 0 Å². The molecule has 0 radical (unpaired) electrons. The second kappa shape index (κ2) is 9.73. The molecule has 1 aliphatic heterocycles. The van der Waals surface area contributed by atoms with Gasteiger partial charge in [-0.3, -0.25) is 19.7 Å². The van der Waals surface area contributed by atoms with Crippen LogP contribution < -0.4 is 14.4 Å². The zero-order chi connectivity index (χ0) is 21.5. The standard InChI is InChI=1S/C21H22N2O7/c1-28-18-6-2-3-7-19(18)29-12-10-21(25)30-14-20(24)22-11-4-5-15-13-16(23(26)27)8-9-17(15)22/h2-3,6-9,13H,4-5,10-12,14H2,1H3. The van der Waals surface area contributed by atoms with Gasteiger partial charge in [0.15, 0.2) is 18.1 Å². The van der Waals surface area contributed by atoms with Crippen molar-refractivity contribution in [1.29, 1.82) is 0 Å². The first-order valence-corrected chi connectivity index (χ1v) is 9.48. The molecule has 0 spiro atoms. The van der Waals surface area contributed by atoms with Crippen LogP contribution in [0.4, 0.5) is 11.4 Å². The van der Waals surface area contributed by atoms with E-state index in [-0.39, 0.29) is 24.6 Å². The number of fused-ring (bicyclic) bond motifs is 1. The van der Waals surface area contributed by atoms with Crippen LogP contribution in [0.15, 0.2) is 42.5 Å². The van der Waals surface area contributed by atoms with E-state index < -0.39 is 17.5 Å². The van der Waals surface area contributed by atoms with Gasteiger partial charge >= 0.3 is 5.97 Å². The highest BCUT2D eigenvalue weighted by Crippen LogP contribution is 2.30. The van der Waals surface area contributed by atoms with Gasteiger partial charge in [-0.25, -0.2) is 0 Å². The van der Waals surface area contributed by atoms with E-state index in [9.17, 15) is 19.7 Å². The average molecular weight is 414 g/mol. The lowest BCUT2D eigenvalue weighted by molar-refractivity contribution is -0.384. The summed E-state index contributed by atoms with van der Waals surface area (Å²) in [5.41, 5.74) is 1.34. The Morgan fingerprint density at radius 1 is 1.17 bits per heavy atom. The number of amides is 1. The van der Waals surface area contributed by atoms with Crippen LogP contribution in [-0.2, 0) is 20.7 Å². The molecule has 0 fully saturated rings. The lowest BCUT2D eigenvalue weighted by atomic mass is 10.0. The van der Waals surface area contributed by atoms with Crippen molar-refractivity contribution in [2.45, 2.75) is 19.3 Å². The third-order valence-electron chi connectivity index (χ3n) is 4.68. The van der Waals surface area contributed by atoms with Crippen LogP contribution in [0, 0.1) is 10.1 Å². The first kappa shape index (κ1) is 21.1. The molecule has 158 valence electrons. The second-order valence-corrected chi connectivity index (χ2v) is 6.63. The van der Waals surface area contributed by atoms with Crippen LogP contribution in [-0.4, -0.2) is 43.7 Å². The molecular weight excluding hydrogens is 392 g/mol. The van der Waals surface area contributed by atoms with Crippen molar-refractivity contribution in [2.75, 3.05) is 31.8 Å². The Morgan fingerprint density at radius 3 is 2.67 bits per heavy atom. The molecule has 2 aromatic rings. The molecule has 9 heteroatoms. The maximum Gasteiger partial charge on any atom is 0.309 e. The van der Waals surface area contributed by atoms with E-state index in [1.54, 1.807) is 24.3 Å². The first-order chi connectivity index (χ1) is 14.5. The molecule has 0 saturated carbocycles. The van der Waals surface area contributed by atoms with E-state index >= 15 is 0 Å². The van der Waals surface area contributed by atoms with Crippen molar-refractivity contribution in [3.05, 3.63) is 58.1 Å². The number of hydrogen-bond donors (Lipinski definition) is 0. The quantitative estimate of drug-likeness (QED) is 0.371. The molecule has 30 heavy (non-hydrogen) atoms. The number of nitro groups is 1. The third-order valence-corrected chi connectivity index (χ3v) is 4.68. The number of nitro benzene ring substituents is 1. The zero-order valence-corrected chi connectivity index (χ0v) is 16.5. The van der Waals surface area contributed by atoms with Crippen molar-refractivity contribution in [3.8, 4) is 11.5 Å². The number of rotatable bonds is 8. The maximum absolute atomic E-state index is 12.5. The molecule has 0 N–H and O–H groups in total. The molecule has 0 aliphatic carbocycles. The third kappa shape index (κ3) is 5.05. The topological polar surface area (TPSA) is 108 Å². The number of ether oxygens (including phenoxy) is 3. The van der Waals surface area contributed by atoms with Gasteiger partial charge in [0.05, 0.1) is 25.1 Å². The number of benzene rings is 2. The van der Waals surface area contributed by atoms with Crippen LogP contribution in [0.2, 0.25) is 0 Å². The molecule has 1 amide bonds. The monoisotopic (exact) mass is 414 g/mol. The fourth-order valence-corrected chi connectivity index (χ4v) is 3.23. The highest BCUT2D eigenvalue weighted by Gasteiger charge is 2.25. The fraction of sp³-hybridized carbons (Fsp3) is 0.333. The smallest absolute Gasteiger partial charge is 0.309 e. The summed E-state index contributed by atoms with van der Waals surface area (Å²) in [6.07, 6.45) is 1.32. The van der Waals surface area contributed by atoms with Crippen molar-refractivity contribution in [2.24, 2.45) is 0 Å². The minimum absolute atomic E-state index is 0.00970. The molecule has 2 aromatic carbocycles. The normalized spacial score (nSPS) is 12.6. The SMILES string of the molecule is COc1ccccc1OCCC(=O)OCC(=O)N1CCCc2cc([N+](=O)[O-])ccc21. The van der Waals surface area contributed by atoms with E-state index in [1.165, 1.54) is 24.1 Å². The van der Waals surface area contributed by atoms with Crippen LogP contribution in [0.1, 0.15) is 18.4 Å². The van der Waals surface area contributed by atoms with Crippen LogP contribution in [0.25, 0.3) is 0 Å². The van der Waals surface area contributed by atoms with Gasteiger partial charge < -0.3 is 19.1 Å². The summed E-state index contributed by atoms with van der Waals surface area (Å²) in [6, 6.07) is 11.5. The zero-order valence-electron chi connectivity index (χ0n) is 16.5. The number of methoxy groups -OCH3 is 1. The Labute approximate surface area is 173 Å². The van der Waals surface area contributed by atoms with Crippen molar-refractivity contribution >= 4 is 23.3 Å². The van der Waals surface area contributed by atoms with E-state index in [1.807, 2.05) is 6.07 Å². The molecule has 0 bridgehead atoms. The Balaban J connectivity index is 1.50. The van der Waals surface area contributed by atoms with Gasteiger partial charge in [-0.2, -0.15) is 0 Å². The first-order valence-electron chi connectivity index (χ1n) is 9.48. The molecule has 1 heterocycles. The predicted molar refractivity (Wildman–Crippen MR) is 108 cm³/mol. The number of anilines is 1. The molecule has 0 unspecified atom stereocenters. The van der Waals surface area contributed by atoms with Crippen LogP contribution in [0.3, 0.4) is 0 Å². The van der Waals surface area contributed by atoms with Gasteiger partial charge in [-0.15, -0.1) is 0 Å². The van der Waals surface area contributed by atoms with Crippen molar-refractivity contribution in [1.82, 2.24) is 0 Å². The van der Waals surface area contributed by atoms with Gasteiger partial charge in [0.25, 0.3) is 11.6 Å². The van der Waals surface area contributed by atoms with Gasteiger partial charge in [0, 0.05) is 24.4 Å². The lowest BCUT2D eigenvalue weighted by Gasteiger charge is -2.29. The van der Waals surface area contributed by atoms with E-state index in [4.69, 9.17) is 14.2 Å². The lowest BCUT2D eigenvalue weighted by Crippen LogP contribution is -2.38. The number of aryl methyl sites for hydroxylation is 1. The maximum atomic E-state index is 12.5. The number of non-ortho nitro benzene ring substituents is 1. The Morgan fingerprint density at radius 2 is 1.93 bits per heavy atom. The second-order valence-electron chi connectivity index (χ2n) is 6.63. The van der Waals surface area contributed by atoms with E-state index in [2.05, 4.69) is 0 Å². The number of carbonyl (C=O) groups is 2. The van der Waals surface area contributed by atoms with Crippen molar-refractivity contribution < 1.29 is 28.7 Å². The summed E-state index contributed by atoms with van der Waals surface area (Å²) in [7, 11) is 1.53. The minimum atomic E-state index is -0.556. The largest absolute Gasteiger partial charge is 0.493 e. The van der Waals surface area contributed by atoms with Gasteiger partial charge in [0.2, 0.25) is 0 Å². The number of nitrogens with zero attached hydrogens (tertiary/aromatic N) is 2. The average Bonchev–Trinajstić information content (AvgIpc) is 2.76. The highest BCUT2D eigenvalue weighted by molar-refractivity contribution is 5.96. The molecule has 9 nitrogen and oxygen atoms in total. The summed E-state index contributed by atoms with van der Waals surface area (Å²) in [4.78, 5) is 36.5. The number of esters is 1. The molecule has 0 aromatic heterocycles. The molecule has 0 atom stereocenters. The number of para-hydroxylation sites is 2. The predicted octanol–water partition coefficient (Wildman–Crippen LogP) is 2.89. The highest BCUT2D eigenvalue weighted by atomic mass is 16.6. The molecule has 1 aliphatic rings. The minimum Gasteiger partial charge on any atom is -0.493 e. The Bertz CT molecular complexity index is 945. The fourth-order valence-electron chi connectivity index (χ4n) is 3.23. The number of hydrogen-bond acceptors (Lipinski definition) is 7. The molecule has 0 saturated heterocycles. The Hall–Kier alpha value is -3.62. The summed E-state index contributed by atoms with van der Waals surface area (Å²) >= 11 is 0. The summed E-state index contributed by atoms with van der Waals surface area (Å²) in [5.74, 6) is 0.149. The Kier molecular flexibility index (Phi) is 6.84. The molecule has 3 rings (SSSR count). The van der Waals surface area contributed by atoms with Gasteiger partial charge in [0.1, 0.15) is 0 Å². The van der Waals surface area contributed by atoms with Crippen molar-refractivity contribution in [3.63, 3.8) is 0 Å². The van der Waals surface area contributed by atoms with Crippen LogP contribution in [0.5, 0.6) is 11.5 Å². The van der Waals surface area contributed by atoms with Gasteiger partial charge in [-0.1, -0.05) is 12.1 Å². The van der Waals surface area contributed by atoms with Gasteiger partial charge in [-0.05, 0) is 36.6 Å². The van der Waals surface area contributed by atoms with E-state index in [0.29, 0.717) is 36.6 Å².